The Balaban J connectivity index is 2.12. The number of para-hydroxylation sites is 1. The van der Waals surface area contributed by atoms with Crippen LogP contribution in [0.2, 0.25) is 0 Å². The summed E-state index contributed by atoms with van der Waals surface area (Å²) < 4.78 is 2.20. The molecule has 0 bridgehead atoms. The predicted molar refractivity (Wildman–Crippen MR) is 91.4 cm³/mol. The number of hydrogen-bond donors (Lipinski definition) is 0. The minimum atomic E-state index is 0.0995. The Hall–Kier alpha value is -2.35. The van der Waals surface area contributed by atoms with Crippen molar-refractivity contribution in [2.24, 2.45) is 5.92 Å². The van der Waals surface area contributed by atoms with Crippen molar-refractivity contribution in [3.05, 3.63) is 71.4 Å². The molecule has 0 aliphatic carbocycles. The van der Waals surface area contributed by atoms with Crippen molar-refractivity contribution in [2.45, 2.75) is 27.3 Å². The minimum absolute atomic E-state index is 0.0995. The fourth-order valence-corrected chi connectivity index (χ4v) is 2.91. The minimum Gasteiger partial charge on any atom is -0.346 e. The lowest BCUT2D eigenvalue weighted by Crippen LogP contribution is -2.04. The number of carbonyl (C=O) groups is 1. The van der Waals surface area contributed by atoms with Gasteiger partial charge in [0.2, 0.25) is 0 Å². The summed E-state index contributed by atoms with van der Waals surface area (Å²) in [5.74, 6) is 0.639. The molecule has 0 fully saturated rings. The van der Waals surface area contributed by atoms with Gasteiger partial charge in [-0.2, -0.15) is 0 Å². The molecule has 1 heterocycles. The number of aromatic nitrogens is 1. The van der Waals surface area contributed by atoms with Crippen LogP contribution in [0.4, 0.5) is 0 Å². The van der Waals surface area contributed by atoms with Gasteiger partial charge in [0, 0.05) is 34.8 Å². The molecule has 0 spiro atoms. The molecule has 0 amide bonds. The summed E-state index contributed by atoms with van der Waals surface area (Å²) in [5.41, 5.74) is 3.79. The Morgan fingerprint density at radius 2 is 1.86 bits per heavy atom. The molecular weight excluding hydrogens is 270 g/mol. The first-order chi connectivity index (χ1) is 10.6. The van der Waals surface area contributed by atoms with Gasteiger partial charge in [-0.25, -0.2) is 0 Å². The van der Waals surface area contributed by atoms with Gasteiger partial charge >= 0.3 is 0 Å². The van der Waals surface area contributed by atoms with Crippen LogP contribution in [0.5, 0.6) is 0 Å². The van der Waals surface area contributed by atoms with Gasteiger partial charge in [0.1, 0.15) is 0 Å². The largest absolute Gasteiger partial charge is 0.346 e. The lowest BCUT2D eigenvalue weighted by atomic mass is 10.0. The normalized spacial score (nSPS) is 11.3. The second-order valence-electron chi connectivity index (χ2n) is 6.30. The van der Waals surface area contributed by atoms with Crippen LogP contribution in [-0.4, -0.2) is 10.4 Å². The molecule has 0 atom stereocenters. The molecule has 22 heavy (non-hydrogen) atoms. The van der Waals surface area contributed by atoms with Crippen molar-refractivity contribution in [2.75, 3.05) is 0 Å². The van der Waals surface area contributed by atoms with Crippen LogP contribution in [0.3, 0.4) is 0 Å². The van der Waals surface area contributed by atoms with E-state index in [4.69, 9.17) is 0 Å². The van der Waals surface area contributed by atoms with E-state index in [9.17, 15) is 4.79 Å². The SMILES string of the molecule is Cc1cccc(C(=O)c2cn(CC(C)C)c3ccccc23)c1. The standard InChI is InChI=1S/C20H21NO/c1-14(2)12-21-13-18(17-9-4-5-10-19(17)21)20(22)16-8-6-7-15(3)11-16/h4-11,13-14H,12H2,1-3H3. The fraction of sp³-hybridized carbons (Fsp3) is 0.250. The van der Waals surface area contributed by atoms with Gasteiger partial charge in [-0.05, 0) is 25.0 Å². The van der Waals surface area contributed by atoms with Crippen LogP contribution in [0.25, 0.3) is 10.9 Å². The van der Waals surface area contributed by atoms with Gasteiger partial charge in [-0.1, -0.05) is 55.8 Å². The van der Waals surface area contributed by atoms with E-state index in [1.165, 1.54) is 0 Å². The zero-order valence-electron chi connectivity index (χ0n) is 13.3. The van der Waals surface area contributed by atoms with Crippen molar-refractivity contribution in [1.82, 2.24) is 4.57 Å². The van der Waals surface area contributed by atoms with E-state index in [0.717, 1.165) is 34.1 Å². The Bertz CT molecular complexity index is 827. The molecule has 0 saturated carbocycles. The Labute approximate surface area is 131 Å². The molecule has 112 valence electrons. The van der Waals surface area contributed by atoms with Gasteiger partial charge in [-0.3, -0.25) is 4.79 Å². The van der Waals surface area contributed by atoms with E-state index in [-0.39, 0.29) is 5.78 Å². The molecule has 1 aromatic heterocycles. The molecule has 0 radical (unpaired) electrons. The summed E-state index contributed by atoms with van der Waals surface area (Å²) in [7, 11) is 0. The second kappa shape index (κ2) is 5.80. The maximum Gasteiger partial charge on any atom is 0.195 e. The second-order valence-corrected chi connectivity index (χ2v) is 6.30. The van der Waals surface area contributed by atoms with Crippen LogP contribution in [0.1, 0.15) is 35.3 Å². The van der Waals surface area contributed by atoms with Crippen LogP contribution in [-0.2, 0) is 6.54 Å². The van der Waals surface area contributed by atoms with Gasteiger partial charge in [0.05, 0.1) is 0 Å². The molecule has 0 N–H and O–H groups in total. The first kappa shape index (κ1) is 14.6. The number of benzene rings is 2. The lowest BCUT2D eigenvalue weighted by Gasteiger charge is -2.07. The highest BCUT2D eigenvalue weighted by atomic mass is 16.1. The van der Waals surface area contributed by atoms with Gasteiger partial charge in [-0.15, -0.1) is 0 Å². The van der Waals surface area contributed by atoms with Crippen LogP contribution >= 0.6 is 0 Å². The molecule has 0 unspecified atom stereocenters. The van der Waals surface area contributed by atoms with Crippen molar-refractivity contribution in [1.29, 1.82) is 0 Å². The zero-order valence-corrected chi connectivity index (χ0v) is 13.3. The third-order valence-corrected chi connectivity index (χ3v) is 3.88. The van der Waals surface area contributed by atoms with Crippen molar-refractivity contribution >= 4 is 16.7 Å². The molecule has 2 heteroatoms. The van der Waals surface area contributed by atoms with Crippen LogP contribution < -0.4 is 0 Å². The molecule has 0 aliphatic heterocycles. The third-order valence-electron chi connectivity index (χ3n) is 3.88. The quantitative estimate of drug-likeness (QED) is 0.631. The highest BCUT2D eigenvalue weighted by molar-refractivity contribution is 6.16. The van der Waals surface area contributed by atoms with Crippen molar-refractivity contribution < 1.29 is 4.79 Å². The predicted octanol–water partition coefficient (Wildman–Crippen LogP) is 4.84. The van der Waals surface area contributed by atoms with E-state index in [2.05, 4.69) is 24.5 Å². The number of hydrogen-bond acceptors (Lipinski definition) is 1. The van der Waals surface area contributed by atoms with Crippen LogP contribution in [0, 0.1) is 12.8 Å². The number of carbonyl (C=O) groups excluding carboxylic acids is 1. The average molecular weight is 291 g/mol. The summed E-state index contributed by atoms with van der Waals surface area (Å²) in [6.45, 7) is 7.31. The Kier molecular flexibility index (Phi) is 3.84. The average Bonchev–Trinajstić information content (AvgIpc) is 2.85. The van der Waals surface area contributed by atoms with E-state index < -0.39 is 0 Å². The van der Waals surface area contributed by atoms with Crippen LogP contribution in [0.15, 0.2) is 54.7 Å². The monoisotopic (exact) mass is 291 g/mol. The number of ketones is 1. The third kappa shape index (κ3) is 2.69. The van der Waals surface area contributed by atoms with Gasteiger partial charge in [0.25, 0.3) is 0 Å². The number of nitrogens with zero attached hydrogens (tertiary/aromatic N) is 1. The van der Waals surface area contributed by atoms with Gasteiger partial charge < -0.3 is 4.57 Å². The molecule has 0 saturated heterocycles. The summed E-state index contributed by atoms with van der Waals surface area (Å²) in [6.07, 6.45) is 2.01. The lowest BCUT2D eigenvalue weighted by molar-refractivity contribution is 0.104. The summed E-state index contributed by atoms with van der Waals surface area (Å²) in [5, 5.41) is 1.04. The fourth-order valence-electron chi connectivity index (χ4n) is 2.91. The summed E-state index contributed by atoms with van der Waals surface area (Å²) in [6, 6.07) is 15.9. The maximum atomic E-state index is 12.9. The zero-order chi connectivity index (χ0) is 15.7. The van der Waals surface area contributed by atoms with E-state index in [0.29, 0.717) is 5.92 Å². The molecule has 3 aromatic rings. The smallest absolute Gasteiger partial charge is 0.195 e. The van der Waals surface area contributed by atoms with E-state index >= 15 is 0 Å². The highest BCUT2D eigenvalue weighted by Crippen LogP contribution is 2.25. The topological polar surface area (TPSA) is 22.0 Å². The van der Waals surface area contributed by atoms with Gasteiger partial charge in [0.15, 0.2) is 5.78 Å². The molecule has 0 aliphatic rings. The Morgan fingerprint density at radius 1 is 1.09 bits per heavy atom. The summed E-state index contributed by atoms with van der Waals surface area (Å²) >= 11 is 0. The van der Waals surface area contributed by atoms with E-state index in [1.54, 1.807) is 0 Å². The highest BCUT2D eigenvalue weighted by Gasteiger charge is 2.16. The van der Waals surface area contributed by atoms with E-state index in [1.807, 2.05) is 55.6 Å². The summed E-state index contributed by atoms with van der Waals surface area (Å²) in [4.78, 5) is 12.9. The Morgan fingerprint density at radius 3 is 2.59 bits per heavy atom. The number of rotatable bonds is 4. The first-order valence-corrected chi connectivity index (χ1v) is 7.75. The number of aryl methyl sites for hydroxylation is 1. The molecule has 2 aromatic carbocycles. The maximum absolute atomic E-state index is 12.9. The molecule has 3 rings (SSSR count). The molecular formula is C20H21NO. The van der Waals surface area contributed by atoms with Crippen molar-refractivity contribution in [3.8, 4) is 0 Å². The van der Waals surface area contributed by atoms with Crippen molar-refractivity contribution in [3.63, 3.8) is 0 Å². The number of fused-ring (bicyclic) bond motifs is 1. The first-order valence-electron chi connectivity index (χ1n) is 7.75. The molecule has 2 nitrogen and oxygen atoms in total.